The molecule has 1 fully saturated rings. The van der Waals surface area contributed by atoms with Crippen LogP contribution in [0, 0.1) is 10.1 Å². The number of halogens is 1. The summed E-state index contributed by atoms with van der Waals surface area (Å²) in [5, 5.41) is 0. The Morgan fingerprint density at radius 1 is 1.10 bits per heavy atom. The monoisotopic (exact) mass is 497 g/mol. The van der Waals surface area contributed by atoms with Gasteiger partial charge in [-0.05, 0) is 46.4 Å². The molecule has 0 saturated carbocycles. The topological polar surface area (TPSA) is 45.7 Å². The highest BCUT2D eigenvalue weighted by molar-refractivity contribution is 14.1. The van der Waals surface area contributed by atoms with Crippen molar-refractivity contribution in [2.45, 2.75) is 13.1 Å². The van der Waals surface area contributed by atoms with Gasteiger partial charge in [0.2, 0.25) is 5.91 Å². The second kappa shape index (κ2) is 8.76. The molecule has 0 aliphatic carbocycles. The van der Waals surface area contributed by atoms with E-state index in [9.17, 15) is 4.79 Å². The molecule has 1 amide bonds. The highest BCUT2D eigenvalue weighted by atomic mass is 127. The third-order valence-electron chi connectivity index (χ3n) is 5.02. The molecular weight excluding hydrogens is 477 g/mol. The number of hydrogen-bond donors (Lipinski definition) is 0. The molecule has 1 aromatic heterocycles. The fourth-order valence-electron chi connectivity index (χ4n) is 3.50. The van der Waals surface area contributed by atoms with Gasteiger partial charge in [0.1, 0.15) is 0 Å². The number of rotatable bonds is 5. The van der Waals surface area contributed by atoms with Crippen molar-refractivity contribution in [1.82, 2.24) is 14.5 Å². The summed E-state index contributed by atoms with van der Waals surface area (Å²) in [5.41, 5.74) is 3.81. The van der Waals surface area contributed by atoms with Gasteiger partial charge in [0, 0.05) is 41.6 Å². The van der Waals surface area contributed by atoms with Gasteiger partial charge in [-0.1, -0.05) is 30.3 Å². The van der Waals surface area contributed by atoms with Gasteiger partial charge in [0.25, 0.3) is 0 Å². The molecule has 4 rings (SSSR count). The Balaban J connectivity index is 1.40. The first kappa shape index (κ1) is 19.6. The van der Waals surface area contributed by atoms with Crippen LogP contribution in [0.4, 0.5) is 11.4 Å². The molecule has 2 heterocycles. The fourth-order valence-corrected chi connectivity index (χ4v) is 4.02. The van der Waals surface area contributed by atoms with E-state index in [1.807, 2.05) is 66.0 Å². The number of piperazine rings is 1. The second-order valence-corrected chi connectivity index (χ2v) is 8.27. The van der Waals surface area contributed by atoms with Crippen molar-refractivity contribution >= 4 is 39.9 Å². The number of benzene rings is 2. The largest absolute Gasteiger partial charge is 0.329 e. The van der Waals surface area contributed by atoms with Crippen LogP contribution in [0.5, 0.6) is 0 Å². The molecule has 0 bridgehead atoms. The van der Waals surface area contributed by atoms with Gasteiger partial charge in [0.05, 0.1) is 25.1 Å². The van der Waals surface area contributed by atoms with Gasteiger partial charge in [-0.15, -0.1) is 0 Å². The van der Waals surface area contributed by atoms with E-state index in [1.54, 1.807) is 0 Å². The Morgan fingerprint density at radius 2 is 1.93 bits per heavy atom. The summed E-state index contributed by atoms with van der Waals surface area (Å²) in [6.45, 7) is 10.3. The van der Waals surface area contributed by atoms with Crippen LogP contribution >= 0.6 is 22.6 Å². The van der Waals surface area contributed by atoms with E-state index in [1.165, 1.54) is 0 Å². The lowest BCUT2D eigenvalue weighted by Crippen LogP contribution is -2.50. The van der Waals surface area contributed by atoms with E-state index in [-0.39, 0.29) is 5.91 Å². The van der Waals surface area contributed by atoms with Gasteiger partial charge >= 0.3 is 0 Å². The van der Waals surface area contributed by atoms with Gasteiger partial charge in [-0.3, -0.25) is 9.69 Å². The van der Waals surface area contributed by atoms with Crippen molar-refractivity contribution in [2.24, 2.45) is 0 Å². The van der Waals surface area contributed by atoms with Crippen molar-refractivity contribution in [3.05, 3.63) is 87.3 Å². The molecule has 1 saturated heterocycles. The van der Waals surface area contributed by atoms with Crippen LogP contribution in [0.25, 0.3) is 4.85 Å². The van der Waals surface area contributed by atoms with E-state index >= 15 is 0 Å². The van der Waals surface area contributed by atoms with E-state index in [2.05, 4.69) is 41.9 Å². The van der Waals surface area contributed by atoms with Crippen molar-refractivity contribution in [3.8, 4) is 0 Å². The minimum absolute atomic E-state index is 0.124. The third-order valence-corrected chi connectivity index (χ3v) is 5.69. The predicted octanol–water partition coefficient (Wildman–Crippen LogP) is 3.94. The number of imidazole rings is 1. The molecule has 2 aromatic carbocycles. The van der Waals surface area contributed by atoms with Crippen molar-refractivity contribution < 1.29 is 4.79 Å². The number of anilines is 1. The SMILES string of the molecule is [C-]#[N+]c1ccc(Cn2cncc2CN2CCN(c3cccc(I)c3)C(=O)C2)cc1. The Kier molecular flexibility index (Phi) is 5.92. The van der Waals surface area contributed by atoms with Gasteiger partial charge in [0.15, 0.2) is 5.69 Å². The standard InChI is InChI=1S/C22H20IN5O/c1-24-19-7-5-17(6-8-19)13-27-16-25-12-21(27)14-26-9-10-28(22(29)15-26)20-4-2-3-18(23)11-20/h2-8,11-12,16H,9-10,13-15H2. The number of carbonyl (C=O) groups excluding carboxylic acids is 1. The normalized spacial score (nSPS) is 14.8. The maximum Gasteiger partial charge on any atom is 0.241 e. The molecule has 3 aromatic rings. The molecule has 0 N–H and O–H groups in total. The van der Waals surface area contributed by atoms with Crippen LogP contribution in [0.1, 0.15) is 11.3 Å². The molecule has 0 atom stereocenters. The summed E-state index contributed by atoms with van der Waals surface area (Å²) in [7, 11) is 0. The lowest BCUT2D eigenvalue weighted by Gasteiger charge is -2.34. The Labute approximate surface area is 183 Å². The summed E-state index contributed by atoms with van der Waals surface area (Å²) in [5.74, 6) is 0.124. The second-order valence-electron chi connectivity index (χ2n) is 7.03. The number of hydrogen-bond acceptors (Lipinski definition) is 3. The first-order valence-corrected chi connectivity index (χ1v) is 10.4. The van der Waals surface area contributed by atoms with Gasteiger partial charge in [-0.25, -0.2) is 9.83 Å². The molecule has 1 aliphatic rings. The number of aromatic nitrogens is 2. The van der Waals surface area contributed by atoms with Crippen LogP contribution < -0.4 is 4.90 Å². The Hall–Kier alpha value is -2.70. The first-order valence-electron chi connectivity index (χ1n) is 9.36. The summed E-state index contributed by atoms with van der Waals surface area (Å²) < 4.78 is 3.23. The first-order chi connectivity index (χ1) is 14.1. The van der Waals surface area contributed by atoms with E-state index < -0.39 is 0 Å². The Morgan fingerprint density at radius 3 is 2.66 bits per heavy atom. The van der Waals surface area contributed by atoms with Crippen molar-refractivity contribution in [2.75, 3.05) is 24.5 Å². The summed E-state index contributed by atoms with van der Waals surface area (Å²) >= 11 is 2.27. The lowest BCUT2D eigenvalue weighted by atomic mass is 10.2. The van der Waals surface area contributed by atoms with E-state index in [0.717, 1.165) is 27.1 Å². The van der Waals surface area contributed by atoms with Gasteiger partial charge in [-0.2, -0.15) is 0 Å². The highest BCUT2D eigenvalue weighted by Gasteiger charge is 2.25. The minimum Gasteiger partial charge on any atom is -0.329 e. The average Bonchev–Trinajstić information content (AvgIpc) is 3.15. The maximum absolute atomic E-state index is 12.7. The van der Waals surface area contributed by atoms with Crippen LogP contribution in [0.2, 0.25) is 0 Å². The van der Waals surface area contributed by atoms with E-state index in [0.29, 0.717) is 31.9 Å². The van der Waals surface area contributed by atoms with Crippen molar-refractivity contribution in [1.29, 1.82) is 0 Å². The maximum atomic E-state index is 12.7. The molecule has 0 radical (unpaired) electrons. The summed E-state index contributed by atoms with van der Waals surface area (Å²) in [4.78, 5) is 24.5. The molecule has 29 heavy (non-hydrogen) atoms. The lowest BCUT2D eigenvalue weighted by molar-refractivity contribution is -0.121. The number of amides is 1. The zero-order valence-corrected chi connectivity index (χ0v) is 18.0. The number of nitrogens with zero attached hydrogens (tertiary/aromatic N) is 5. The number of carbonyl (C=O) groups is 1. The molecule has 146 valence electrons. The summed E-state index contributed by atoms with van der Waals surface area (Å²) in [6, 6.07) is 15.7. The Bertz CT molecular complexity index is 1050. The van der Waals surface area contributed by atoms with Crippen LogP contribution in [-0.4, -0.2) is 40.0 Å². The zero-order chi connectivity index (χ0) is 20.2. The van der Waals surface area contributed by atoms with Crippen LogP contribution in [-0.2, 0) is 17.9 Å². The van der Waals surface area contributed by atoms with Crippen LogP contribution in [0.3, 0.4) is 0 Å². The molecule has 0 spiro atoms. The van der Waals surface area contributed by atoms with Crippen LogP contribution in [0.15, 0.2) is 61.1 Å². The highest BCUT2D eigenvalue weighted by Crippen LogP contribution is 2.21. The average molecular weight is 497 g/mol. The smallest absolute Gasteiger partial charge is 0.241 e. The fraction of sp³-hybridized carbons (Fsp3) is 0.227. The zero-order valence-electron chi connectivity index (χ0n) is 15.8. The minimum atomic E-state index is 0.124. The quantitative estimate of drug-likeness (QED) is 0.397. The molecule has 1 aliphatic heterocycles. The van der Waals surface area contributed by atoms with Gasteiger partial charge < -0.3 is 9.47 Å². The van der Waals surface area contributed by atoms with E-state index in [4.69, 9.17) is 6.57 Å². The predicted molar refractivity (Wildman–Crippen MR) is 121 cm³/mol. The molecule has 6 nitrogen and oxygen atoms in total. The molecular formula is C22H20IN5O. The van der Waals surface area contributed by atoms with Crippen molar-refractivity contribution in [3.63, 3.8) is 0 Å². The molecule has 0 unspecified atom stereocenters. The third kappa shape index (κ3) is 4.66. The molecule has 7 heteroatoms. The summed E-state index contributed by atoms with van der Waals surface area (Å²) in [6.07, 6.45) is 3.69.